The Labute approximate surface area is 96.3 Å². The lowest BCUT2D eigenvalue weighted by atomic mass is 10.0. The summed E-state index contributed by atoms with van der Waals surface area (Å²) in [6.07, 6.45) is 7.63. The number of aryl methyl sites for hydroxylation is 1. The SMILES string of the molecule is C#Cc1ccc(C)cc1C(=O)N(C)C1CC1. The summed E-state index contributed by atoms with van der Waals surface area (Å²) in [6, 6.07) is 6.06. The topological polar surface area (TPSA) is 20.3 Å². The minimum atomic E-state index is 0.0409. The van der Waals surface area contributed by atoms with Crippen molar-refractivity contribution >= 4 is 5.91 Å². The smallest absolute Gasteiger partial charge is 0.255 e. The fourth-order valence-electron chi connectivity index (χ4n) is 1.78. The molecule has 0 radical (unpaired) electrons. The van der Waals surface area contributed by atoms with Gasteiger partial charge in [-0.05, 0) is 31.9 Å². The maximum absolute atomic E-state index is 12.2. The van der Waals surface area contributed by atoms with Crippen molar-refractivity contribution in [1.29, 1.82) is 0 Å². The molecule has 0 heterocycles. The number of hydrogen-bond acceptors (Lipinski definition) is 1. The maximum Gasteiger partial charge on any atom is 0.255 e. The van der Waals surface area contributed by atoms with E-state index < -0.39 is 0 Å². The van der Waals surface area contributed by atoms with Gasteiger partial charge in [-0.3, -0.25) is 4.79 Å². The third-order valence-corrected chi connectivity index (χ3v) is 2.98. The highest BCUT2D eigenvalue weighted by atomic mass is 16.2. The fraction of sp³-hybridized carbons (Fsp3) is 0.357. The molecule has 0 spiro atoms. The molecule has 2 heteroatoms. The predicted octanol–water partition coefficient (Wildman–Crippen LogP) is 2.21. The standard InChI is InChI=1S/C14H15NO/c1-4-11-6-5-10(2)9-13(11)14(16)15(3)12-7-8-12/h1,5-6,9,12H,7-8H2,2-3H3. The van der Waals surface area contributed by atoms with Gasteiger partial charge in [-0.15, -0.1) is 6.42 Å². The number of carbonyl (C=O) groups is 1. The Balaban J connectivity index is 2.34. The molecule has 0 bridgehead atoms. The third kappa shape index (κ3) is 1.94. The molecule has 1 fully saturated rings. The van der Waals surface area contributed by atoms with Gasteiger partial charge in [-0.25, -0.2) is 0 Å². The van der Waals surface area contributed by atoms with Crippen molar-refractivity contribution < 1.29 is 4.79 Å². The molecule has 0 N–H and O–H groups in total. The zero-order valence-electron chi connectivity index (χ0n) is 9.66. The van der Waals surface area contributed by atoms with Crippen LogP contribution in [0.15, 0.2) is 18.2 Å². The fourth-order valence-corrected chi connectivity index (χ4v) is 1.78. The quantitative estimate of drug-likeness (QED) is 0.690. The van der Waals surface area contributed by atoms with E-state index in [-0.39, 0.29) is 5.91 Å². The van der Waals surface area contributed by atoms with E-state index in [0.29, 0.717) is 17.2 Å². The van der Waals surface area contributed by atoms with Crippen molar-refractivity contribution in [2.24, 2.45) is 0 Å². The summed E-state index contributed by atoms with van der Waals surface area (Å²) in [5.41, 5.74) is 2.39. The van der Waals surface area contributed by atoms with E-state index >= 15 is 0 Å². The molecule has 1 amide bonds. The van der Waals surface area contributed by atoms with Crippen LogP contribution in [0.5, 0.6) is 0 Å². The molecular formula is C14H15NO. The van der Waals surface area contributed by atoms with Crippen LogP contribution >= 0.6 is 0 Å². The molecule has 0 atom stereocenters. The molecule has 0 aliphatic heterocycles. The minimum Gasteiger partial charge on any atom is -0.339 e. The molecule has 1 aromatic rings. The number of nitrogens with zero attached hydrogens (tertiary/aromatic N) is 1. The Bertz CT molecular complexity index is 466. The van der Waals surface area contributed by atoms with Crippen LogP contribution in [-0.4, -0.2) is 23.9 Å². The summed E-state index contributed by atoms with van der Waals surface area (Å²) in [5.74, 6) is 2.61. The predicted molar refractivity (Wildman–Crippen MR) is 64.2 cm³/mol. The molecular weight excluding hydrogens is 198 g/mol. The summed E-state index contributed by atoms with van der Waals surface area (Å²) in [4.78, 5) is 14.0. The molecule has 1 aliphatic carbocycles. The normalized spacial score (nSPS) is 14.3. The van der Waals surface area contributed by atoms with Crippen molar-refractivity contribution in [2.75, 3.05) is 7.05 Å². The van der Waals surface area contributed by atoms with Crippen molar-refractivity contribution in [3.05, 3.63) is 34.9 Å². The van der Waals surface area contributed by atoms with E-state index in [2.05, 4.69) is 5.92 Å². The van der Waals surface area contributed by atoms with Crippen LogP contribution in [-0.2, 0) is 0 Å². The van der Waals surface area contributed by atoms with Crippen LogP contribution < -0.4 is 0 Å². The second kappa shape index (κ2) is 4.02. The van der Waals surface area contributed by atoms with Gasteiger partial charge in [0.25, 0.3) is 5.91 Å². The average Bonchev–Trinajstić information content (AvgIpc) is 3.11. The van der Waals surface area contributed by atoms with Gasteiger partial charge >= 0.3 is 0 Å². The van der Waals surface area contributed by atoms with Crippen LogP contribution in [0, 0.1) is 19.3 Å². The lowest BCUT2D eigenvalue weighted by Crippen LogP contribution is -2.29. The van der Waals surface area contributed by atoms with Gasteiger partial charge in [0, 0.05) is 18.7 Å². The van der Waals surface area contributed by atoms with E-state index in [1.54, 1.807) is 4.90 Å². The van der Waals surface area contributed by atoms with Crippen LogP contribution in [0.4, 0.5) is 0 Å². The molecule has 1 aromatic carbocycles. The summed E-state index contributed by atoms with van der Waals surface area (Å²) < 4.78 is 0. The minimum absolute atomic E-state index is 0.0409. The second-order valence-corrected chi connectivity index (χ2v) is 4.34. The van der Waals surface area contributed by atoms with Gasteiger partial charge in [-0.2, -0.15) is 0 Å². The van der Waals surface area contributed by atoms with E-state index in [9.17, 15) is 4.79 Å². The highest BCUT2D eigenvalue weighted by Gasteiger charge is 2.30. The van der Waals surface area contributed by atoms with E-state index in [1.807, 2.05) is 32.2 Å². The number of carbonyl (C=O) groups excluding carboxylic acids is 1. The maximum atomic E-state index is 12.2. The van der Waals surface area contributed by atoms with Crippen molar-refractivity contribution in [2.45, 2.75) is 25.8 Å². The van der Waals surface area contributed by atoms with Gasteiger partial charge in [0.15, 0.2) is 0 Å². The number of terminal acetylenes is 1. The Kier molecular flexibility index (Phi) is 2.70. The Morgan fingerprint density at radius 1 is 1.50 bits per heavy atom. The molecule has 16 heavy (non-hydrogen) atoms. The largest absolute Gasteiger partial charge is 0.339 e. The van der Waals surface area contributed by atoms with E-state index in [4.69, 9.17) is 6.42 Å². The molecule has 2 nitrogen and oxygen atoms in total. The third-order valence-electron chi connectivity index (χ3n) is 2.98. The van der Waals surface area contributed by atoms with Crippen molar-refractivity contribution in [3.63, 3.8) is 0 Å². The van der Waals surface area contributed by atoms with Crippen LogP contribution in [0.2, 0.25) is 0 Å². The first-order valence-electron chi connectivity index (χ1n) is 5.48. The van der Waals surface area contributed by atoms with E-state index in [1.165, 1.54) is 0 Å². The van der Waals surface area contributed by atoms with Gasteiger partial charge in [0.05, 0.1) is 5.56 Å². The zero-order valence-corrected chi connectivity index (χ0v) is 9.66. The molecule has 0 unspecified atom stereocenters. The van der Waals surface area contributed by atoms with Gasteiger partial charge in [0.2, 0.25) is 0 Å². The first-order valence-corrected chi connectivity index (χ1v) is 5.48. The van der Waals surface area contributed by atoms with Gasteiger partial charge < -0.3 is 4.90 Å². The summed E-state index contributed by atoms with van der Waals surface area (Å²) >= 11 is 0. The summed E-state index contributed by atoms with van der Waals surface area (Å²) in [5, 5.41) is 0. The average molecular weight is 213 g/mol. The van der Waals surface area contributed by atoms with E-state index in [0.717, 1.165) is 18.4 Å². The second-order valence-electron chi connectivity index (χ2n) is 4.34. The highest BCUT2D eigenvalue weighted by Crippen LogP contribution is 2.27. The lowest BCUT2D eigenvalue weighted by Gasteiger charge is -2.17. The number of amides is 1. The summed E-state index contributed by atoms with van der Waals surface area (Å²) in [6.45, 7) is 1.97. The molecule has 0 aromatic heterocycles. The van der Waals surface area contributed by atoms with Crippen molar-refractivity contribution in [1.82, 2.24) is 4.90 Å². The molecule has 2 rings (SSSR count). The Morgan fingerprint density at radius 3 is 2.75 bits per heavy atom. The Hall–Kier alpha value is -1.75. The monoisotopic (exact) mass is 213 g/mol. The number of hydrogen-bond donors (Lipinski definition) is 0. The molecule has 0 saturated heterocycles. The number of rotatable bonds is 2. The first-order chi connectivity index (χ1) is 7.63. The molecule has 1 aliphatic rings. The molecule has 82 valence electrons. The van der Waals surface area contributed by atoms with Gasteiger partial charge in [0.1, 0.15) is 0 Å². The Morgan fingerprint density at radius 2 is 2.19 bits per heavy atom. The lowest BCUT2D eigenvalue weighted by molar-refractivity contribution is 0.0784. The zero-order chi connectivity index (χ0) is 11.7. The first kappa shape index (κ1) is 10.8. The van der Waals surface area contributed by atoms with Crippen molar-refractivity contribution in [3.8, 4) is 12.3 Å². The van der Waals surface area contributed by atoms with Crippen LogP contribution in [0.1, 0.15) is 34.3 Å². The van der Waals surface area contributed by atoms with Crippen LogP contribution in [0.3, 0.4) is 0 Å². The van der Waals surface area contributed by atoms with Crippen LogP contribution in [0.25, 0.3) is 0 Å². The van der Waals surface area contributed by atoms with Gasteiger partial charge in [-0.1, -0.05) is 17.6 Å². The number of benzene rings is 1. The molecule has 1 saturated carbocycles. The highest BCUT2D eigenvalue weighted by molar-refractivity contribution is 5.97. The summed E-state index contributed by atoms with van der Waals surface area (Å²) in [7, 11) is 1.85.